The van der Waals surface area contributed by atoms with Crippen LogP contribution < -0.4 is 5.73 Å². The molecule has 0 spiro atoms. The van der Waals surface area contributed by atoms with Gasteiger partial charge in [0.2, 0.25) is 5.91 Å². The molecule has 0 aromatic carbocycles. The van der Waals surface area contributed by atoms with E-state index >= 15 is 0 Å². The van der Waals surface area contributed by atoms with E-state index in [9.17, 15) is 13.2 Å². The van der Waals surface area contributed by atoms with Crippen LogP contribution in [-0.4, -0.2) is 55.0 Å². The fourth-order valence-corrected chi connectivity index (χ4v) is 2.61. The number of aliphatic imine (C=N–C) groups is 1. The molecule has 0 bridgehead atoms. The molecule has 1 heterocycles. The van der Waals surface area contributed by atoms with Crippen LogP contribution in [-0.2, 0) is 13.9 Å². The first-order valence-corrected chi connectivity index (χ1v) is 8.01. The normalized spacial score (nSPS) is 17.8. The molecule has 0 radical (unpaired) electrons. The molecule has 7 nitrogen and oxygen atoms in total. The van der Waals surface area contributed by atoms with Crippen LogP contribution in [0.25, 0.3) is 0 Å². The van der Waals surface area contributed by atoms with E-state index in [4.69, 9.17) is 10.3 Å². The van der Waals surface area contributed by atoms with Crippen LogP contribution in [0.1, 0.15) is 12.8 Å². The first-order chi connectivity index (χ1) is 7.88. The van der Waals surface area contributed by atoms with E-state index < -0.39 is 9.15 Å². The molecular formula is C8H15N3O4S2. The number of amides is 1. The molecule has 3 N–H and O–H groups in total. The summed E-state index contributed by atoms with van der Waals surface area (Å²) in [7, 11) is -3.76. The first kappa shape index (κ1) is 14.3. The number of carbonyl (C=O) groups excluding carboxylic acids is 1. The summed E-state index contributed by atoms with van der Waals surface area (Å²) >= 11 is 0. The molecular weight excluding hydrogens is 266 g/mol. The van der Waals surface area contributed by atoms with Crippen molar-refractivity contribution in [1.82, 2.24) is 4.90 Å². The van der Waals surface area contributed by atoms with Crippen molar-refractivity contribution in [3.63, 3.8) is 0 Å². The Morgan fingerprint density at radius 3 is 2.82 bits per heavy atom. The van der Waals surface area contributed by atoms with Crippen LogP contribution >= 0.6 is 10.8 Å². The summed E-state index contributed by atoms with van der Waals surface area (Å²) < 4.78 is 29.3. The molecule has 9 heteroatoms. The van der Waals surface area contributed by atoms with Gasteiger partial charge in [-0.05, 0) is 6.42 Å². The fourth-order valence-electron chi connectivity index (χ4n) is 1.44. The minimum Gasteiger partial charge on any atom is -0.387 e. The molecule has 98 valence electrons. The van der Waals surface area contributed by atoms with Crippen molar-refractivity contribution in [3.05, 3.63) is 0 Å². The van der Waals surface area contributed by atoms with Crippen molar-refractivity contribution in [3.8, 4) is 0 Å². The third-order valence-electron chi connectivity index (χ3n) is 2.21. The van der Waals surface area contributed by atoms with Crippen LogP contribution in [0, 0.1) is 0 Å². The summed E-state index contributed by atoms with van der Waals surface area (Å²) in [5, 5.41) is 0. The lowest BCUT2D eigenvalue weighted by Crippen LogP contribution is -2.28. The van der Waals surface area contributed by atoms with Gasteiger partial charge in [0.1, 0.15) is 5.84 Å². The highest BCUT2D eigenvalue weighted by molar-refractivity contribution is 8.70. The lowest BCUT2D eigenvalue weighted by molar-refractivity contribution is -0.127. The van der Waals surface area contributed by atoms with Crippen molar-refractivity contribution in [1.29, 1.82) is 0 Å². The smallest absolute Gasteiger partial charge is 0.320 e. The van der Waals surface area contributed by atoms with E-state index in [1.54, 1.807) is 4.90 Å². The minimum atomic E-state index is -4.08. The minimum absolute atomic E-state index is 0.0766. The second-order valence-corrected chi connectivity index (χ2v) is 6.90. The Hall–Kier alpha value is -0.800. The average Bonchev–Trinajstić information content (AvgIpc) is 2.61. The molecule has 1 saturated heterocycles. The van der Waals surface area contributed by atoms with Crippen molar-refractivity contribution in [2.75, 3.05) is 25.4 Å². The van der Waals surface area contributed by atoms with Crippen molar-refractivity contribution >= 4 is 31.7 Å². The van der Waals surface area contributed by atoms with Crippen molar-refractivity contribution in [2.45, 2.75) is 12.8 Å². The van der Waals surface area contributed by atoms with Gasteiger partial charge in [-0.1, -0.05) is 0 Å². The maximum Gasteiger partial charge on any atom is 0.320 e. The number of nitrogens with zero attached hydrogens (tertiary/aromatic N) is 2. The van der Waals surface area contributed by atoms with E-state index in [-0.39, 0.29) is 17.5 Å². The number of nitrogens with two attached hydrogens (primary N) is 1. The highest BCUT2D eigenvalue weighted by atomic mass is 33.1. The topological polar surface area (TPSA) is 113 Å². The zero-order chi connectivity index (χ0) is 12.9. The molecule has 1 aliphatic heterocycles. The Morgan fingerprint density at radius 2 is 2.29 bits per heavy atom. The number of likely N-dealkylation sites (tertiary alicyclic amines) is 1. The third-order valence-corrected chi connectivity index (χ3v) is 4.17. The van der Waals surface area contributed by atoms with E-state index in [0.717, 1.165) is 13.0 Å². The van der Waals surface area contributed by atoms with Crippen LogP contribution in [0.15, 0.2) is 4.99 Å². The van der Waals surface area contributed by atoms with Crippen LogP contribution in [0.3, 0.4) is 0 Å². The first-order valence-electron chi connectivity index (χ1n) is 5.07. The number of amidine groups is 1. The average molecular weight is 281 g/mol. The highest BCUT2D eigenvalue weighted by Crippen LogP contribution is 2.09. The van der Waals surface area contributed by atoms with Gasteiger partial charge < -0.3 is 10.6 Å². The Labute approximate surface area is 104 Å². The Morgan fingerprint density at radius 1 is 1.59 bits per heavy atom. The molecule has 0 aromatic rings. The van der Waals surface area contributed by atoms with Crippen LogP contribution in [0.2, 0.25) is 0 Å². The lowest BCUT2D eigenvalue weighted by atomic mass is 10.4. The number of hydrogen-bond acceptors (Lipinski definition) is 5. The molecule has 0 saturated carbocycles. The molecule has 17 heavy (non-hydrogen) atoms. The van der Waals surface area contributed by atoms with Gasteiger partial charge >= 0.3 is 9.15 Å². The predicted molar refractivity (Wildman–Crippen MR) is 66.3 cm³/mol. The summed E-state index contributed by atoms with van der Waals surface area (Å²) in [6.07, 6.45) is 1.45. The Balaban J connectivity index is 2.26. The van der Waals surface area contributed by atoms with Crippen LogP contribution in [0.4, 0.5) is 0 Å². The van der Waals surface area contributed by atoms with Crippen molar-refractivity contribution in [2.24, 2.45) is 10.7 Å². The van der Waals surface area contributed by atoms with Crippen molar-refractivity contribution < 1.29 is 17.8 Å². The third kappa shape index (κ3) is 5.89. The van der Waals surface area contributed by atoms with Gasteiger partial charge in [0.05, 0.1) is 12.3 Å². The standard InChI is InChI=1S/C8H15N3O4S2/c9-7(6-16-17(13,14)15)10-3-5-11-4-1-2-8(11)12/h1-6H2,(H2,9,10)(H,13,14,15). The predicted octanol–water partition coefficient (Wildman–Crippen LogP) is -0.498. The largest absolute Gasteiger partial charge is 0.387 e. The fraction of sp³-hybridized carbons (Fsp3) is 0.750. The van der Waals surface area contributed by atoms with Gasteiger partial charge in [-0.15, -0.1) is 0 Å². The van der Waals surface area contributed by atoms with E-state index in [2.05, 4.69) is 4.99 Å². The second-order valence-electron chi connectivity index (χ2n) is 3.55. The summed E-state index contributed by atoms with van der Waals surface area (Å²) in [5.41, 5.74) is 5.45. The van der Waals surface area contributed by atoms with Gasteiger partial charge in [-0.3, -0.25) is 14.3 Å². The monoisotopic (exact) mass is 281 g/mol. The highest BCUT2D eigenvalue weighted by Gasteiger charge is 2.18. The molecule has 0 unspecified atom stereocenters. The van der Waals surface area contributed by atoms with Gasteiger partial charge in [-0.25, -0.2) is 0 Å². The maximum absolute atomic E-state index is 11.2. The van der Waals surface area contributed by atoms with Gasteiger partial charge in [-0.2, -0.15) is 8.42 Å². The molecule has 1 rings (SSSR count). The Kier molecular flexibility index (Phi) is 5.22. The van der Waals surface area contributed by atoms with E-state index in [0.29, 0.717) is 30.3 Å². The van der Waals surface area contributed by atoms with Gasteiger partial charge in [0.15, 0.2) is 0 Å². The second kappa shape index (κ2) is 6.22. The quantitative estimate of drug-likeness (QED) is 0.294. The SMILES string of the molecule is NC(CSS(=O)(=O)O)=NCCN1CCCC1=O. The van der Waals surface area contributed by atoms with E-state index in [1.807, 2.05) is 0 Å². The Bertz CT molecular complexity index is 407. The molecule has 1 aliphatic rings. The summed E-state index contributed by atoms with van der Waals surface area (Å²) in [6.45, 7) is 1.59. The molecule has 1 amide bonds. The lowest BCUT2D eigenvalue weighted by Gasteiger charge is -2.13. The summed E-state index contributed by atoms with van der Waals surface area (Å²) in [4.78, 5) is 16.9. The van der Waals surface area contributed by atoms with Gasteiger partial charge in [0, 0.05) is 30.3 Å². The van der Waals surface area contributed by atoms with Gasteiger partial charge in [0.25, 0.3) is 0 Å². The maximum atomic E-state index is 11.2. The zero-order valence-corrected chi connectivity index (χ0v) is 10.8. The molecule has 0 aliphatic carbocycles. The number of hydrogen-bond donors (Lipinski definition) is 2. The van der Waals surface area contributed by atoms with E-state index in [1.165, 1.54) is 0 Å². The number of carbonyl (C=O) groups is 1. The molecule has 0 atom stereocenters. The number of rotatable bonds is 6. The summed E-state index contributed by atoms with van der Waals surface area (Å²) in [5.74, 6) is 0.178. The van der Waals surface area contributed by atoms with Crippen LogP contribution in [0.5, 0.6) is 0 Å². The molecule has 0 aromatic heterocycles. The molecule has 1 fully saturated rings. The summed E-state index contributed by atoms with van der Waals surface area (Å²) in [6, 6.07) is 0. The zero-order valence-electron chi connectivity index (χ0n) is 9.20.